The Kier molecular flexibility index (Phi) is 11.7. The van der Waals surface area contributed by atoms with Gasteiger partial charge in [0.25, 0.3) is 0 Å². The number of nitrogens with one attached hydrogen (secondary N) is 2. The van der Waals surface area contributed by atoms with E-state index in [2.05, 4.69) is 34.0 Å². The second-order valence-corrected chi connectivity index (χ2v) is 4.19. The standard InChI is InChI=1S/C4H12N2S4/c7-9-3-5-1-2-6-4-10-8/h5-8H,1-4H2. The van der Waals surface area contributed by atoms with Gasteiger partial charge in [0.15, 0.2) is 0 Å². The number of thiol groups is 2. The third-order valence-electron chi connectivity index (χ3n) is 0.812. The van der Waals surface area contributed by atoms with Crippen molar-refractivity contribution in [3.63, 3.8) is 0 Å². The summed E-state index contributed by atoms with van der Waals surface area (Å²) in [6.45, 7) is 1.98. The van der Waals surface area contributed by atoms with Gasteiger partial charge in [-0.3, -0.25) is 0 Å². The fourth-order valence-corrected chi connectivity index (χ4v) is 1.43. The number of hydrogen-bond acceptors (Lipinski definition) is 6. The molecule has 0 fully saturated rings. The van der Waals surface area contributed by atoms with Crippen molar-refractivity contribution < 1.29 is 0 Å². The predicted octanol–water partition coefficient (Wildman–Crippen LogP) is 1.24. The van der Waals surface area contributed by atoms with Crippen LogP contribution in [0.4, 0.5) is 0 Å². The molecule has 0 heterocycles. The van der Waals surface area contributed by atoms with Crippen LogP contribution in [-0.4, -0.2) is 24.8 Å². The van der Waals surface area contributed by atoms with Crippen molar-refractivity contribution in [1.29, 1.82) is 0 Å². The monoisotopic (exact) mass is 216 g/mol. The molecule has 10 heavy (non-hydrogen) atoms. The Labute approximate surface area is 80.3 Å². The van der Waals surface area contributed by atoms with Crippen LogP contribution in [0, 0.1) is 0 Å². The van der Waals surface area contributed by atoms with E-state index in [0.29, 0.717) is 0 Å². The van der Waals surface area contributed by atoms with Crippen LogP contribution in [-0.2, 0) is 0 Å². The van der Waals surface area contributed by atoms with Crippen LogP contribution < -0.4 is 10.6 Å². The Morgan fingerprint density at radius 1 is 0.900 bits per heavy atom. The molecular formula is C4H12N2S4. The van der Waals surface area contributed by atoms with Gasteiger partial charge < -0.3 is 10.6 Å². The van der Waals surface area contributed by atoms with Crippen LogP contribution in [0.5, 0.6) is 0 Å². The van der Waals surface area contributed by atoms with E-state index in [1.165, 1.54) is 21.6 Å². The summed E-state index contributed by atoms with van der Waals surface area (Å²) in [4.78, 5) is 0. The van der Waals surface area contributed by atoms with Gasteiger partial charge in [-0.15, -0.1) is 23.3 Å². The maximum atomic E-state index is 3.98. The average molecular weight is 216 g/mol. The van der Waals surface area contributed by atoms with Gasteiger partial charge in [0.1, 0.15) is 0 Å². The summed E-state index contributed by atoms with van der Waals surface area (Å²) in [7, 11) is 3.00. The zero-order chi connectivity index (χ0) is 7.66. The number of hydrogen-bond donors (Lipinski definition) is 4. The Hall–Kier alpha value is 1.32. The van der Waals surface area contributed by atoms with E-state index in [-0.39, 0.29) is 0 Å². The van der Waals surface area contributed by atoms with E-state index in [4.69, 9.17) is 0 Å². The molecule has 0 aliphatic rings. The Morgan fingerprint density at radius 2 is 1.30 bits per heavy atom. The van der Waals surface area contributed by atoms with Gasteiger partial charge in [0.05, 0.1) is 11.8 Å². The molecule has 0 aliphatic carbocycles. The molecule has 2 N–H and O–H groups in total. The van der Waals surface area contributed by atoms with Gasteiger partial charge in [-0.1, -0.05) is 21.6 Å². The first-order chi connectivity index (χ1) is 4.91. The summed E-state index contributed by atoms with van der Waals surface area (Å²) in [5.41, 5.74) is 0. The second kappa shape index (κ2) is 10.3. The minimum absolute atomic E-state index is 0.902. The van der Waals surface area contributed by atoms with Crippen LogP contribution in [0.15, 0.2) is 0 Å². The van der Waals surface area contributed by atoms with Gasteiger partial charge in [-0.2, -0.15) is 0 Å². The summed E-state index contributed by atoms with van der Waals surface area (Å²) in [5, 5.41) is 6.37. The van der Waals surface area contributed by atoms with Gasteiger partial charge in [-0.25, -0.2) is 0 Å². The predicted molar refractivity (Wildman–Crippen MR) is 58.9 cm³/mol. The summed E-state index contributed by atoms with van der Waals surface area (Å²) < 4.78 is 0. The normalized spacial score (nSPS) is 10.2. The number of rotatable bonds is 7. The molecule has 0 spiro atoms. The molecule has 0 radical (unpaired) electrons. The molecule has 0 atom stereocenters. The lowest BCUT2D eigenvalue weighted by Gasteiger charge is -2.02. The van der Waals surface area contributed by atoms with Gasteiger partial charge in [0.2, 0.25) is 0 Å². The van der Waals surface area contributed by atoms with E-state index in [9.17, 15) is 0 Å². The van der Waals surface area contributed by atoms with E-state index in [1.54, 1.807) is 0 Å². The van der Waals surface area contributed by atoms with Crippen LogP contribution in [0.3, 0.4) is 0 Å². The summed E-state index contributed by atoms with van der Waals surface area (Å²) in [5.74, 6) is 1.80. The lowest BCUT2D eigenvalue weighted by atomic mass is 10.6. The Balaban J connectivity index is 2.65. The third-order valence-corrected chi connectivity index (χ3v) is 2.25. The molecule has 0 aromatic carbocycles. The topological polar surface area (TPSA) is 24.1 Å². The molecule has 0 bridgehead atoms. The van der Waals surface area contributed by atoms with Crippen LogP contribution in [0.2, 0.25) is 0 Å². The van der Waals surface area contributed by atoms with E-state index >= 15 is 0 Å². The maximum Gasteiger partial charge on any atom is 0.0521 e. The molecule has 0 saturated heterocycles. The average Bonchev–Trinajstić information content (AvgIpc) is 1.97. The summed E-state index contributed by atoms with van der Waals surface area (Å²) >= 11 is 7.96. The molecule has 0 unspecified atom stereocenters. The first kappa shape index (κ1) is 11.3. The molecule has 62 valence electrons. The van der Waals surface area contributed by atoms with E-state index in [0.717, 1.165) is 24.8 Å². The fraction of sp³-hybridized carbons (Fsp3) is 1.00. The zero-order valence-electron chi connectivity index (χ0n) is 5.54. The lowest BCUT2D eigenvalue weighted by Crippen LogP contribution is -2.26. The van der Waals surface area contributed by atoms with E-state index in [1.807, 2.05) is 0 Å². The summed E-state index contributed by atoms with van der Waals surface area (Å²) in [6.07, 6.45) is 0. The molecule has 0 aromatic rings. The first-order valence-corrected chi connectivity index (χ1v) is 6.93. The molecule has 0 aromatic heterocycles. The SMILES string of the molecule is SSCNCCNCSS. The molecular weight excluding hydrogens is 204 g/mol. The first-order valence-electron chi connectivity index (χ1n) is 2.86. The molecule has 0 saturated carbocycles. The molecule has 0 rings (SSSR count). The zero-order valence-corrected chi connectivity index (χ0v) is 8.96. The van der Waals surface area contributed by atoms with Crippen molar-refractivity contribution in [2.24, 2.45) is 0 Å². The van der Waals surface area contributed by atoms with Gasteiger partial charge >= 0.3 is 0 Å². The Bertz CT molecular complexity index is 55.2. The van der Waals surface area contributed by atoms with Crippen LogP contribution >= 0.6 is 44.9 Å². The minimum atomic E-state index is 0.902. The van der Waals surface area contributed by atoms with Crippen molar-refractivity contribution in [1.82, 2.24) is 10.6 Å². The molecule has 0 aliphatic heterocycles. The smallest absolute Gasteiger partial charge is 0.0521 e. The highest BCUT2D eigenvalue weighted by molar-refractivity contribution is 8.68. The summed E-state index contributed by atoms with van der Waals surface area (Å²) in [6, 6.07) is 0. The highest BCUT2D eigenvalue weighted by Gasteiger charge is 1.84. The quantitative estimate of drug-likeness (QED) is 0.223. The maximum absolute atomic E-state index is 3.98. The largest absolute Gasteiger partial charge is 0.306 e. The van der Waals surface area contributed by atoms with Crippen molar-refractivity contribution in [3.8, 4) is 0 Å². The molecule has 0 amide bonds. The van der Waals surface area contributed by atoms with Crippen molar-refractivity contribution in [2.75, 3.05) is 24.8 Å². The van der Waals surface area contributed by atoms with Crippen molar-refractivity contribution in [3.05, 3.63) is 0 Å². The van der Waals surface area contributed by atoms with E-state index < -0.39 is 0 Å². The highest BCUT2D eigenvalue weighted by Crippen LogP contribution is 2.00. The second-order valence-electron chi connectivity index (χ2n) is 1.55. The van der Waals surface area contributed by atoms with Gasteiger partial charge in [0, 0.05) is 13.1 Å². The highest BCUT2D eigenvalue weighted by atomic mass is 33.1. The van der Waals surface area contributed by atoms with Crippen molar-refractivity contribution in [2.45, 2.75) is 0 Å². The van der Waals surface area contributed by atoms with Gasteiger partial charge in [-0.05, 0) is 0 Å². The van der Waals surface area contributed by atoms with Crippen molar-refractivity contribution >= 4 is 44.9 Å². The lowest BCUT2D eigenvalue weighted by molar-refractivity contribution is 0.700. The molecule has 6 heteroatoms. The fourth-order valence-electron chi connectivity index (χ4n) is 0.412. The van der Waals surface area contributed by atoms with Crippen LogP contribution in [0.1, 0.15) is 0 Å². The minimum Gasteiger partial charge on any atom is -0.306 e. The molecule has 2 nitrogen and oxygen atoms in total. The third kappa shape index (κ3) is 9.32. The van der Waals surface area contributed by atoms with Crippen LogP contribution in [0.25, 0.3) is 0 Å². The Morgan fingerprint density at radius 3 is 1.60 bits per heavy atom.